The number of alkyl halides is 3. The average Bonchev–Trinajstić information content (AvgIpc) is 2.95. The molecule has 0 aliphatic carbocycles. The third-order valence-corrected chi connectivity index (χ3v) is 3.85. The van der Waals surface area contributed by atoms with Crippen molar-refractivity contribution >= 4 is 22.4 Å². The molecule has 0 bridgehead atoms. The molecule has 0 aliphatic rings. The molecule has 23 heavy (non-hydrogen) atoms. The van der Waals surface area contributed by atoms with Crippen molar-refractivity contribution in [3.05, 3.63) is 35.2 Å². The van der Waals surface area contributed by atoms with Crippen LogP contribution in [0, 0.1) is 0 Å². The molecule has 8 heteroatoms. The van der Waals surface area contributed by atoms with Crippen molar-refractivity contribution in [1.82, 2.24) is 10.3 Å². The van der Waals surface area contributed by atoms with Gasteiger partial charge in [0.05, 0.1) is 11.3 Å². The monoisotopic (exact) mass is 343 g/mol. The minimum Gasteiger partial charge on any atom is -0.320 e. The van der Waals surface area contributed by atoms with Crippen molar-refractivity contribution in [2.24, 2.45) is 0 Å². The lowest BCUT2D eigenvalue weighted by Crippen LogP contribution is -2.15. The molecule has 0 saturated heterocycles. The number of rotatable bonds is 6. The van der Waals surface area contributed by atoms with Gasteiger partial charge in [-0.05, 0) is 26.1 Å². The molecule has 4 nitrogen and oxygen atoms in total. The van der Waals surface area contributed by atoms with Crippen molar-refractivity contribution in [3.63, 3.8) is 0 Å². The maximum absolute atomic E-state index is 13.0. The number of hydrogen-bond acceptors (Lipinski definition) is 4. The number of carbonyl (C=O) groups is 1. The normalized spacial score (nSPS) is 11.5. The van der Waals surface area contributed by atoms with E-state index in [1.165, 1.54) is 23.6 Å². The van der Waals surface area contributed by atoms with Gasteiger partial charge in [-0.3, -0.25) is 4.79 Å². The summed E-state index contributed by atoms with van der Waals surface area (Å²) in [6.45, 7) is 0.718. The summed E-state index contributed by atoms with van der Waals surface area (Å²) in [6.07, 6.45) is -3.44. The number of hydrogen-bond donors (Lipinski definition) is 2. The first-order valence-corrected chi connectivity index (χ1v) is 7.86. The Hall–Kier alpha value is -1.93. The maximum atomic E-state index is 13.0. The van der Waals surface area contributed by atoms with Crippen molar-refractivity contribution in [2.45, 2.75) is 19.0 Å². The molecule has 0 saturated carbocycles. The fourth-order valence-electron chi connectivity index (χ4n) is 2.02. The van der Waals surface area contributed by atoms with E-state index in [2.05, 4.69) is 15.6 Å². The molecule has 1 amide bonds. The molecule has 1 aromatic carbocycles. The third-order valence-electron chi connectivity index (χ3n) is 3.09. The SMILES string of the molecule is CNCCCC(=O)Nc1nc(-c2ccccc2C(F)(F)F)cs1. The predicted octanol–water partition coefficient (Wildman–Crippen LogP) is 3.77. The number of nitrogens with one attached hydrogen (secondary N) is 2. The lowest BCUT2D eigenvalue weighted by Gasteiger charge is -2.10. The van der Waals surface area contributed by atoms with Crippen LogP contribution < -0.4 is 10.6 Å². The van der Waals surface area contributed by atoms with Gasteiger partial charge in [0.15, 0.2) is 5.13 Å². The Morgan fingerprint density at radius 3 is 2.74 bits per heavy atom. The summed E-state index contributed by atoms with van der Waals surface area (Å²) in [5.74, 6) is -0.203. The lowest BCUT2D eigenvalue weighted by atomic mass is 10.1. The first-order chi connectivity index (χ1) is 10.9. The molecule has 1 aromatic heterocycles. The zero-order valence-electron chi connectivity index (χ0n) is 12.4. The van der Waals surface area contributed by atoms with Gasteiger partial charge in [0.1, 0.15) is 0 Å². The Morgan fingerprint density at radius 1 is 1.30 bits per heavy atom. The van der Waals surface area contributed by atoms with Crippen LogP contribution >= 0.6 is 11.3 Å². The second kappa shape index (κ2) is 7.56. The Morgan fingerprint density at radius 2 is 2.04 bits per heavy atom. The smallest absolute Gasteiger partial charge is 0.320 e. The molecule has 2 N–H and O–H groups in total. The van der Waals surface area contributed by atoms with Crippen LogP contribution in [0.15, 0.2) is 29.6 Å². The number of benzene rings is 1. The molecule has 124 valence electrons. The van der Waals surface area contributed by atoms with Crippen LogP contribution in [0.25, 0.3) is 11.3 Å². The Kier molecular flexibility index (Phi) is 5.73. The second-order valence-electron chi connectivity index (χ2n) is 4.84. The molecule has 2 rings (SSSR count). The summed E-state index contributed by atoms with van der Waals surface area (Å²) in [6, 6.07) is 5.25. The topological polar surface area (TPSA) is 54.0 Å². The van der Waals surface area contributed by atoms with Crippen molar-refractivity contribution in [1.29, 1.82) is 0 Å². The van der Waals surface area contributed by atoms with Gasteiger partial charge in [0.2, 0.25) is 5.91 Å². The van der Waals surface area contributed by atoms with Crippen molar-refractivity contribution < 1.29 is 18.0 Å². The van der Waals surface area contributed by atoms with Crippen LogP contribution in [0.3, 0.4) is 0 Å². The number of anilines is 1. The van der Waals surface area contributed by atoms with E-state index < -0.39 is 11.7 Å². The van der Waals surface area contributed by atoms with Gasteiger partial charge >= 0.3 is 6.18 Å². The van der Waals surface area contributed by atoms with E-state index in [0.717, 1.165) is 23.9 Å². The highest BCUT2D eigenvalue weighted by Crippen LogP contribution is 2.37. The molecule has 0 spiro atoms. The summed E-state index contributed by atoms with van der Waals surface area (Å²) in [5, 5.41) is 7.35. The van der Waals surface area contributed by atoms with Gasteiger partial charge in [0.25, 0.3) is 0 Å². The fourth-order valence-corrected chi connectivity index (χ4v) is 2.74. The van der Waals surface area contributed by atoms with Gasteiger partial charge in [-0.25, -0.2) is 4.98 Å². The van der Waals surface area contributed by atoms with Crippen LogP contribution in [0.5, 0.6) is 0 Å². The quantitative estimate of drug-likeness (QED) is 0.785. The van der Waals surface area contributed by atoms with Crippen molar-refractivity contribution in [3.8, 4) is 11.3 Å². The molecule has 1 heterocycles. The number of aromatic nitrogens is 1. The Balaban J connectivity index is 2.13. The van der Waals surface area contributed by atoms with Gasteiger partial charge in [-0.1, -0.05) is 18.2 Å². The van der Waals surface area contributed by atoms with E-state index in [1.807, 2.05) is 0 Å². The second-order valence-corrected chi connectivity index (χ2v) is 5.69. The standard InChI is InChI=1S/C15H16F3N3OS/c1-19-8-4-7-13(22)21-14-20-12(9-23-14)10-5-2-3-6-11(10)15(16,17)18/h2-3,5-6,9,19H,4,7-8H2,1H3,(H,20,21,22). The summed E-state index contributed by atoms with van der Waals surface area (Å²) in [4.78, 5) is 15.8. The summed E-state index contributed by atoms with van der Waals surface area (Å²) in [5.41, 5.74) is -0.530. The van der Waals surface area contributed by atoms with Crippen LogP contribution in [-0.2, 0) is 11.0 Å². The number of halogens is 3. The Bertz CT molecular complexity index is 670. The molecule has 2 aromatic rings. The zero-order valence-corrected chi connectivity index (χ0v) is 13.2. The largest absolute Gasteiger partial charge is 0.417 e. The molecular formula is C15H16F3N3OS. The van der Waals surface area contributed by atoms with E-state index in [9.17, 15) is 18.0 Å². The fraction of sp³-hybridized carbons (Fsp3) is 0.333. The van der Waals surface area contributed by atoms with E-state index in [4.69, 9.17) is 0 Å². The first kappa shape index (κ1) is 17.4. The van der Waals surface area contributed by atoms with E-state index >= 15 is 0 Å². The van der Waals surface area contributed by atoms with Crippen LogP contribution in [-0.4, -0.2) is 24.5 Å². The molecule has 0 atom stereocenters. The maximum Gasteiger partial charge on any atom is 0.417 e. The average molecular weight is 343 g/mol. The van der Waals surface area contributed by atoms with E-state index in [0.29, 0.717) is 18.0 Å². The molecule has 0 aliphatic heterocycles. The molecule has 0 fully saturated rings. The van der Waals surface area contributed by atoms with E-state index in [1.54, 1.807) is 7.05 Å². The van der Waals surface area contributed by atoms with Gasteiger partial charge in [-0.15, -0.1) is 11.3 Å². The minimum absolute atomic E-state index is 0.00642. The first-order valence-electron chi connectivity index (χ1n) is 6.98. The van der Waals surface area contributed by atoms with Gasteiger partial charge < -0.3 is 10.6 Å². The number of carbonyl (C=O) groups excluding carboxylic acids is 1. The van der Waals surface area contributed by atoms with Gasteiger partial charge in [0, 0.05) is 17.4 Å². The highest BCUT2D eigenvalue weighted by molar-refractivity contribution is 7.14. The number of amides is 1. The number of thiazole rings is 1. The zero-order chi connectivity index (χ0) is 16.9. The number of nitrogens with zero attached hydrogens (tertiary/aromatic N) is 1. The predicted molar refractivity (Wildman–Crippen MR) is 84.3 cm³/mol. The van der Waals surface area contributed by atoms with Crippen molar-refractivity contribution in [2.75, 3.05) is 18.9 Å². The van der Waals surface area contributed by atoms with E-state index in [-0.39, 0.29) is 17.2 Å². The van der Waals surface area contributed by atoms with Crippen LogP contribution in [0.1, 0.15) is 18.4 Å². The molecule has 0 unspecified atom stereocenters. The summed E-state index contributed by atoms with van der Waals surface area (Å²) in [7, 11) is 1.79. The molecular weight excluding hydrogens is 327 g/mol. The minimum atomic E-state index is -4.45. The summed E-state index contributed by atoms with van der Waals surface area (Å²) < 4.78 is 39.1. The highest BCUT2D eigenvalue weighted by Gasteiger charge is 2.33. The highest BCUT2D eigenvalue weighted by atomic mass is 32.1. The lowest BCUT2D eigenvalue weighted by molar-refractivity contribution is -0.137. The van der Waals surface area contributed by atoms with Crippen LogP contribution in [0.4, 0.5) is 18.3 Å². The van der Waals surface area contributed by atoms with Crippen LogP contribution in [0.2, 0.25) is 0 Å². The Labute approximate surface area is 135 Å². The summed E-state index contributed by atoms with van der Waals surface area (Å²) >= 11 is 1.11. The molecule has 0 radical (unpaired) electrons. The van der Waals surface area contributed by atoms with Gasteiger partial charge in [-0.2, -0.15) is 13.2 Å². The third kappa shape index (κ3) is 4.77.